The Morgan fingerprint density at radius 3 is 2.60 bits per heavy atom. The number of pyridine rings is 1. The minimum atomic E-state index is 0.610. The third-order valence-electron chi connectivity index (χ3n) is 4.60. The van der Waals surface area contributed by atoms with Crippen molar-refractivity contribution < 1.29 is 0 Å². The summed E-state index contributed by atoms with van der Waals surface area (Å²) in [6.45, 7) is 2.07. The Labute approximate surface area is 124 Å². The number of hydrogen-bond donors (Lipinski definition) is 1. The second-order valence-corrected chi connectivity index (χ2v) is 6.70. The maximum atomic E-state index is 6.51. The summed E-state index contributed by atoms with van der Waals surface area (Å²) in [4.78, 5) is 4.51. The molecule has 2 fully saturated rings. The van der Waals surface area contributed by atoms with Gasteiger partial charge in [-0.1, -0.05) is 11.6 Å². The van der Waals surface area contributed by atoms with Crippen LogP contribution in [0.3, 0.4) is 0 Å². The van der Waals surface area contributed by atoms with Gasteiger partial charge < -0.3 is 5.32 Å². The summed E-state index contributed by atoms with van der Waals surface area (Å²) in [6, 6.07) is 6.77. The van der Waals surface area contributed by atoms with Gasteiger partial charge in [0.25, 0.3) is 0 Å². The Bertz CT molecular complexity index is 647. The molecule has 104 valence electrons. The first-order valence-corrected chi connectivity index (χ1v) is 7.92. The number of nitrogens with zero attached hydrogens (tertiary/aromatic N) is 1. The van der Waals surface area contributed by atoms with Crippen molar-refractivity contribution in [2.24, 2.45) is 11.8 Å². The molecule has 0 radical (unpaired) electrons. The van der Waals surface area contributed by atoms with Gasteiger partial charge in [0.1, 0.15) is 0 Å². The molecular formula is C17H19ClN2. The molecule has 0 bridgehead atoms. The molecule has 2 aliphatic carbocycles. The van der Waals surface area contributed by atoms with Crippen molar-refractivity contribution in [2.75, 3.05) is 5.32 Å². The number of hydrogen-bond acceptors (Lipinski definition) is 2. The highest BCUT2D eigenvalue weighted by molar-refractivity contribution is 6.35. The Hall–Kier alpha value is -1.28. The van der Waals surface area contributed by atoms with Gasteiger partial charge in [-0.3, -0.25) is 4.98 Å². The lowest BCUT2D eigenvalue weighted by molar-refractivity contribution is 0.568. The molecule has 20 heavy (non-hydrogen) atoms. The fraction of sp³-hybridized carbons (Fsp3) is 0.471. The average molecular weight is 287 g/mol. The van der Waals surface area contributed by atoms with Gasteiger partial charge in [-0.05, 0) is 68.2 Å². The molecule has 0 saturated heterocycles. The molecule has 3 heteroatoms. The number of fused-ring (bicyclic) bond motifs is 1. The SMILES string of the molecule is Cc1cc(Cl)c(NC(C2CC2)C2CC2)c2cccnc12. The Morgan fingerprint density at radius 1 is 1.25 bits per heavy atom. The molecule has 0 atom stereocenters. The first-order valence-electron chi connectivity index (χ1n) is 7.54. The lowest BCUT2D eigenvalue weighted by Crippen LogP contribution is -2.24. The van der Waals surface area contributed by atoms with Crippen LogP contribution < -0.4 is 5.32 Å². The zero-order valence-corrected chi connectivity index (χ0v) is 12.5. The first-order chi connectivity index (χ1) is 9.74. The van der Waals surface area contributed by atoms with E-state index in [1.807, 2.05) is 18.3 Å². The summed E-state index contributed by atoms with van der Waals surface area (Å²) in [5.74, 6) is 1.71. The normalized spacial score (nSPS) is 18.8. The molecule has 1 aromatic heterocycles. The van der Waals surface area contributed by atoms with Crippen molar-refractivity contribution in [1.29, 1.82) is 0 Å². The Balaban J connectivity index is 1.78. The van der Waals surface area contributed by atoms with Gasteiger partial charge in [0.2, 0.25) is 0 Å². The van der Waals surface area contributed by atoms with Crippen LogP contribution in [0.1, 0.15) is 31.2 Å². The molecule has 0 unspecified atom stereocenters. The maximum Gasteiger partial charge on any atom is 0.0752 e. The van der Waals surface area contributed by atoms with Crippen LogP contribution in [0.2, 0.25) is 5.02 Å². The van der Waals surface area contributed by atoms with Crippen molar-refractivity contribution in [3.8, 4) is 0 Å². The van der Waals surface area contributed by atoms with Crippen molar-refractivity contribution in [1.82, 2.24) is 4.98 Å². The van der Waals surface area contributed by atoms with E-state index >= 15 is 0 Å². The third kappa shape index (κ3) is 2.16. The minimum absolute atomic E-state index is 0.610. The largest absolute Gasteiger partial charge is 0.380 e. The van der Waals surface area contributed by atoms with Crippen LogP contribution in [0.25, 0.3) is 10.9 Å². The molecule has 2 aromatic rings. The Kier molecular flexibility index (Phi) is 2.88. The Morgan fingerprint density at radius 2 is 1.95 bits per heavy atom. The third-order valence-corrected chi connectivity index (χ3v) is 4.90. The summed E-state index contributed by atoms with van der Waals surface area (Å²) in [6.07, 6.45) is 7.33. The highest BCUT2D eigenvalue weighted by Crippen LogP contribution is 2.47. The van der Waals surface area contributed by atoms with Crippen LogP contribution in [0.15, 0.2) is 24.4 Å². The molecule has 1 heterocycles. The summed E-state index contributed by atoms with van der Waals surface area (Å²) in [5, 5.41) is 5.75. The molecule has 1 N–H and O–H groups in total. The van der Waals surface area contributed by atoms with Crippen molar-refractivity contribution in [3.63, 3.8) is 0 Å². The molecule has 2 saturated carbocycles. The predicted octanol–water partition coefficient (Wildman–Crippen LogP) is 4.80. The quantitative estimate of drug-likeness (QED) is 0.873. The van der Waals surface area contributed by atoms with Gasteiger partial charge in [0.15, 0.2) is 0 Å². The molecule has 0 aliphatic heterocycles. The van der Waals surface area contributed by atoms with E-state index in [1.165, 1.54) is 25.7 Å². The topological polar surface area (TPSA) is 24.9 Å². The molecule has 1 aromatic carbocycles. The van der Waals surface area contributed by atoms with E-state index in [9.17, 15) is 0 Å². The zero-order chi connectivity index (χ0) is 13.7. The van der Waals surface area contributed by atoms with Crippen molar-refractivity contribution in [2.45, 2.75) is 38.6 Å². The van der Waals surface area contributed by atoms with Crippen molar-refractivity contribution >= 4 is 28.2 Å². The van der Waals surface area contributed by atoms with Gasteiger partial charge in [0, 0.05) is 17.6 Å². The number of rotatable bonds is 4. The number of halogens is 1. The fourth-order valence-electron chi connectivity index (χ4n) is 3.23. The van der Waals surface area contributed by atoms with E-state index < -0.39 is 0 Å². The number of benzene rings is 1. The van der Waals surface area contributed by atoms with Crippen LogP contribution >= 0.6 is 11.6 Å². The molecular weight excluding hydrogens is 268 g/mol. The highest BCUT2D eigenvalue weighted by atomic mass is 35.5. The van der Waals surface area contributed by atoms with E-state index in [1.54, 1.807) is 0 Å². The summed E-state index contributed by atoms with van der Waals surface area (Å²) >= 11 is 6.51. The number of anilines is 1. The molecule has 2 aliphatic rings. The van der Waals surface area contributed by atoms with E-state index in [4.69, 9.17) is 11.6 Å². The van der Waals surface area contributed by atoms with Crippen LogP contribution in [-0.4, -0.2) is 11.0 Å². The van der Waals surface area contributed by atoms with E-state index in [2.05, 4.69) is 23.3 Å². The molecule has 2 nitrogen and oxygen atoms in total. The first kappa shape index (κ1) is 12.5. The van der Waals surface area contributed by atoms with Gasteiger partial charge in [-0.2, -0.15) is 0 Å². The summed E-state index contributed by atoms with van der Waals surface area (Å²) < 4.78 is 0. The standard InChI is InChI=1S/C17H19ClN2/c1-10-9-14(18)17(13-3-2-8-19-15(10)13)20-16(11-4-5-11)12-6-7-12/h2-3,8-9,11-12,16,20H,4-7H2,1H3. The minimum Gasteiger partial charge on any atom is -0.380 e. The molecule has 4 rings (SSSR count). The smallest absolute Gasteiger partial charge is 0.0752 e. The van der Waals surface area contributed by atoms with E-state index in [-0.39, 0.29) is 0 Å². The molecule has 0 amide bonds. The van der Waals surface area contributed by atoms with Crippen molar-refractivity contribution in [3.05, 3.63) is 35.0 Å². The fourth-order valence-corrected chi connectivity index (χ4v) is 3.55. The predicted molar refractivity (Wildman–Crippen MR) is 84.3 cm³/mol. The number of nitrogens with one attached hydrogen (secondary N) is 1. The van der Waals surface area contributed by atoms with E-state index in [0.717, 1.165) is 39.0 Å². The second-order valence-electron chi connectivity index (χ2n) is 6.29. The summed E-state index contributed by atoms with van der Waals surface area (Å²) in [5.41, 5.74) is 3.29. The zero-order valence-electron chi connectivity index (χ0n) is 11.7. The lowest BCUT2D eigenvalue weighted by atomic mass is 10.0. The van der Waals surface area contributed by atoms with Gasteiger partial charge in [-0.25, -0.2) is 0 Å². The van der Waals surface area contributed by atoms with Gasteiger partial charge in [-0.15, -0.1) is 0 Å². The average Bonchev–Trinajstić information content (AvgIpc) is 3.32. The monoisotopic (exact) mass is 286 g/mol. The van der Waals surface area contributed by atoms with E-state index in [0.29, 0.717) is 6.04 Å². The maximum absolute atomic E-state index is 6.51. The number of aromatic nitrogens is 1. The van der Waals surface area contributed by atoms with Crippen LogP contribution in [0.5, 0.6) is 0 Å². The van der Waals surface area contributed by atoms with Crippen LogP contribution in [0, 0.1) is 18.8 Å². The summed E-state index contributed by atoms with van der Waals surface area (Å²) in [7, 11) is 0. The van der Waals surface area contributed by atoms with Crippen LogP contribution in [-0.2, 0) is 0 Å². The van der Waals surface area contributed by atoms with Crippen LogP contribution in [0.4, 0.5) is 5.69 Å². The lowest BCUT2D eigenvalue weighted by Gasteiger charge is -2.22. The highest BCUT2D eigenvalue weighted by Gasteiger charge is 2.41. The number of aryl methyl sites for hydroxylation is 1. The van der Waals surface area contributed by atoms with Gasteiger partial charge >= 0.3 is 0 Å². The van der Waals surface area contributed by atoms with Gasteiger partial charge in [0.05, 0.1) is 16.2 Å². The second kappa shape index (κ2) is 4.63. The molecule has 0 spiro atoms.